The van der Waals surface area contributed by atoms with Crippen molar-refractivity contribution in [2.45, 2.75) is 45.4 Å². The molecule has 1 aromatic heterocycles. The molecule has 1 aliphatic rings. The molecule has 18 heavy (non-hydrogen) atoms. The van der Waals surface area contributed by atoms with Crippen LogP contribution in [-0.4, -0.2) is 50.8 Å². The fraction of sp³-hybridized carbons (Fsp3) is 0.769. The van der Waals surface area contributed by atoms with Crippen LogP contribution in [0.5, 0.6) is 0 Å². The van der Waals surface area contributed by atoms with Crippen molar-refractivity contribution in [1.29, 1.82) is 0 Å². The topological polar surface area (TPSA) is 53.3 Å². The van der Waals surface area contributed by atoms with Crippen molar-refractivity contribution in [3.8, 4) is 0 Å². The minimum Gasteiger partial charge on any atom is -0.394 e. The van der Waals surface area contributed by atoms with Crippen LogP contribution < -0.4 is 5.32 Å². The molecule has 0 aromatic carbocycles. The lowest BCUT2D eigenvalue weighted by atomic mass is 10.0. The van der Waals surface area contributed by atoms with Crippen LogP contribution in [0.4, 0.5) is 0 Å². The molecule has 1 aliphatic heterocycles. The zero-order valence-corrected chi connectivity index (χ0v) is 11.6. The molecule has 2 rings (SSSR count). The quantitative estimate of drug-likeness (QED) is 0.799. The summed E-state index contributed by atoms with van der Waals surface area (Å²) in [5.74, 6) is 1.12. The summed E-state index contributed by atoms with van der Waals surface area (Å²) in [7, 11) is 0. The zero-order chi connectivity index (χ0) is 13.2. The molecule has 0 amide bonds. The Balaban J connectivity index is 1.97. The van der Waals surface area contributed by atoms with Gasteiger partial charge in [0.2, 0.25) is 0 Å². The molecule has 1 atom stereocenters. The van der Waals surface area contributed by atoms with Gasteiger partial charge in [0.25, 0.3) is 0 Å². The van der Waals surface area contributed by atoms with E-state index in [0.29, 0.717) is 6.04 Å². The van der Waals surface area contributed by atoms with Gasteiger partial charge in [0.1, 0.15) is 5.82 Å². The standard InChI is InChI=1S/C13H24N4O/c1-11(2)15-13(3,10-18)9-16-6-7-17-5-4-14-12(17)8-16/h4-5,11,15,18H,6-10H2,1-3H3. The number of fused-ring (bicyclic) bond motifs is 1. The van der Waals surface area contributed by atoms with Gasteiger partial charge in [0.05, 0.1) is 18.7 Å². The van der Waals surface area contributed by atoms with E-state index in [1.165, 1.54) is 0 Å². The molecule has 1 unspecified atom stereocenters. The van der Waals surface area contributed by atoms with E-state index < -0.39 is 0 Å². The van der Waals surface area contributed by atoms with Gasteiger partial charge in [0, 0.05) is 38.1 Å². The lowest BCUT2D eigenvalue weighted by molar-refractivity contribution is 0.0977. The summed E-state index contributed by atoms with van der Waals surface area (Å²) in [6, 6.07) is 0.369. The highest BCUT2D eigenvalue weighted by Crippen LogP contribution is 2.14. The maximum Gasteiger partial charge on any atom is 0.122 e. The Bertz CT molecular complexity index is 390. The Morgan fingerprint density at radius 3 is 2.94 bits per heavy atom. The van der Waals surface area contributed by atoms with E-state index in [0.717, 1.165) is 32.0 Å². The first-order valence-electron chi connectivity index (χ1n) is 6.63. The summed E-state index contributed by atoms with van der Waals surface area (Å²) < 4.78 is 2.20. The Morgan fingerprint density at radius 2 is 2.28 bits per heavy atom. The largest absolute Gasteiger partial charge is 0.394 e. The number of nitrogens with zero attached hydrogens (tertiary/aromatic N) is 3. The van der Waals surface area contributed by atoms with Gasteiger partial charge in [-0.25, -0.2) is 4.98 Å². The highest BCUT2D eigenvalue weighted by Gasteiger charge is 2.28. The molecule has 0 fully saturated rings. The maximum absolute atomic E-state index is 9.61. The van der Waals surface area contributed by atoms with Gasteiger partial charge in [0.15, 0.2) is 0 Å². The molecule has 2 N–H and O–H groups in total. The van der Waals surface area contributed by atoms with E-state index in [1.807, 2.05) is 12.4 Å². The van der Waals surface area contributed by atoms with Crippen LogP contribution in [0, 0.1) is 0 Å². The third-order valence-corrected chi connectivity index (χ3v) is 3.38. The monoisotopic (exact) mass is 252 g/mol. The third-order valence-electron chi connectivity index (χ3n) is 3.38. The van der Waals surface area contributed by atoms with Gasteiger partial charge < -0.3 is 15.0 Å². The van der Waals surface area contributed by atoms with Crippen LogP contribution in [0.25, 0.3) is 0 Å². The number of aliphatic hydroxyl groups is 1. The second-order valence-corrected chi connectivity index (χ2v) is 5.77. The van der Waals surface area contributed by atoms with Gasteiger partial charge >= 0.3 is 0 Å². The van der Waals surface area contributed by atoms with Crippen LogP contribution in [0.3, 0.4) is 0 Å². The Morgan fingerprint density at radius 1 is 1.50 bits per heavy atom. The molecule has 2 heterocycles. The third kappa shape index (κ3) is 3.10. The first-order chi connectivity index (χ1) is 8.52. The highest BCUT2D eigenvalue weighted by atomic mass is 16.3. The first kappa shape index (κ1) is 13.5. The zero-order valence-electron chi connectivity index (χ0n) is 11.6. The van der Waals surface area contributed by atoms with Crippen molar-refractivity contribution in [3.05, 3.63) is 18.2 Å². The Hall–Kier alpha value is -0.910. The molecule has 0 spiro atoms. The summed E-state index contributed by atoms with van der Waals surface area (Å²) in [5, 5.41) is 13.1. The van der Waals surface area contributed by atoms with E-state index in [2.05, 4.69) is 40.5 Å². The molecular formula is C13H24N4O. The fourth-order valence-electron chi connectivity index (χ4n) is 2.69. The van der Waals surface area contributed by atoms with Crippen molar-refractivity contribution in [3.63, 3.8) is 0 Å². The average Bonchev–Trinajstić information content (AvgIpc) is 2.75. The van der Waals surface area contributed by atoms with E-state index in [9.17, 15) is 5.11 Å². The summed E-state index contributed by atoms with van der Waals surface area (Å²) in [5.41, 5.74) is -0.247. The van der Waals surface area contributed by atoms with Crippen LogP contribution in [0.2, 0.25) is 0 Å². The van der Waals surface area contributed by atoms with Gasteiger partial charge in [-0.2, -0.15) is 0 Å². The van der Waals surface area contributed by atoms with Crippen LogP contribution in [0.15, 0.2) is 12.4 Å². The van der Waals surface area contributed by atoms with E-state index >= 15 is 0 Å². The number of aliphatic hydroxyl groups excluding tert-OH is 1. The number of hydrogen-bond donors (Lipinski definition) is 2. The number of imidazole rings is 1. The number of rotatable bonds is 5. The summed E-state index contributed by atoms with van der Waals surface area (Å²) in [6.45, 7) is 10.1. The minimum atomic E-state index is -0.247. The smallest absolute Gasteiger partial charge is 0.122 e. The van der Waals surface area contributed by atoms with Crippen molar-refractivity contribution >= 4 is 0 Å². The van der Waals surface area contributed by atoms with Gasteiger partial charge in [-0.05, 0) is 6.92 Å². The highest BCUT2D eigenvalue weighted by molar-refractivity contribution is 4.97. The summed E-state index contributed by atoms with van der Waals surface area (Å²) >= 11 is 0. The van der Waals surface area contributed by atoms with Crippen LogP contribution in [0.1, 0.15) is 26.6 Å². The molecule has 5 heteroatoms. The molecule has 0 radical (unpaired) electrons. The van der Waals surface area contributed by atoms with E-state index in [-0.39, 0.29) is 12.1 Å². The van der Waals surface area contributed by atoms with E-state index in [4.69, 9.17) is 0 Å². The number of hydrogen-bond acceptors (Lipinski definition) is 4. The lowest BCUT2D eigenvalue weighted by Gasteiger charge is -2.38. The second-order valence-electron chi connectivity index (χ2n) is 5.77. The SMILES string of the molecule is CC(C)NC(C)(CO)CN1CCn2ccnc2C1. The Labute approximate surface area is 109 Å². The second kappa shape index (κ2) is 5.38. The number of aromatic nitrogens is 2. The van der Waals surface area contributed by atoms with Gasteiger partial charge in [-0.3, -0.25) is 4.90 Å². The van der Waals surface area contributed by atoms with Gasteiger partial charge in [-0.1, -0.05) is 13.8 Å². The molecule has 0 bridgehead atoms. The number of nitrogens with one attached hydrogen (secondary N) is 1. The lowest BCUT2D eigenvalue weighted by Crippen LogP contribution is -2.57. The first-order valence-corrected chi connectivity index (χ1v) is 6.63. The van der Waals surface area contributed by atoms with Crippen molar-refractivity contribution in [2.75, 3.05) is 19.7 Å². The average molecular weight is 252 g/mol. The molecule has 0 saturated heterocycles. The molecular weight excluding hydrogens is 228 g/mol. The predicted octanol–water partition coefficient (Wildman–Crippen LogP) is 0.448. The van der Waals surface area contributed by atoms with E-state index in [1.54, 1.807) is 0 Å². The maximum atomic E-state index is 9.61. The molecule has 5 nitrogen and oxygen atoms in total. The minimum absolute atomic E-state index is 0.149. The molecule has 0 aliphatic carbocycles. The fourth-order valence-corrected chi connectivity index (χ4v) is 2.69. The van der Waals surface area contributed by atoms with Crippen LogP contribution >= 0.6 is 0 Å². The normalized spacial score (nSPS) is 19.8. The molecule has 102 valence electrons. The van der Waals surface area contributed by atoms with Crippen molar-refractivity contribution < 1.29 is 5.11 Å². The summed E-state index contributed by atoms with van der Waals surface area (Å²) in [6.07, 6.45) is 3.89. The predicted molar refractivity (Wildman–Crippen MR) is 71.3 cm³/mol. The Kier molecular flexibility index (Phi) is 4.04. The van der Waals surface area contributed by atoms with Gasteiger partial charge in [-0.15, -0.1) is 0 Å². The molecule has 1 aromatic rings. The van der Waals surface area contributed by atoms with Crippen molar-refractivity contribution in [1.82, 2.24) is 19.8 Å². The summed E-state index contributed by atoms with van der Waals surface area (Å²) in [4.78, 5) is 6.72. The van der Waals surface area contributed by atoms with Crippen molar-refractivity contribution in [2.24, 2.45) is 0 Å². The van der Waals surface area contributed by atoms with Crippen LogP contribution in [-0.2, 0) is 13.1 Å². The molecule has 0 saturated carbocycles.